The number of anilines is 2. The predicted molar refractivity (Wildman–Crippen MR) is 95.8 cm³/mol. The van der Waals surface area contributed by atoms with Crippen LogP contribution in [0.25, 0.3) is 0 Å². The van der Waals surface area contributed by atoms with Crippen molar-refractivity contribution < 1.29 is 18.7 Å². The lowest BCUT2D eigenvalue weighted by Gasteiger charge is -2.35. The molecule has 134 valence electrons. The molecule has 1 unspecified atom stereocenters. The molecule has 2 aromatic carbocycles. The van der Waals surface area contributed by atoms with Crippen LogP contribution in [0.15, 0.2) is 42.5 Å². The van der Waals surface area contributed by atoms with Crippen LogP contribution in [0.1, 0.15) is 28.8 Å². The van der Waals surface area contributed by atoms with E-state index in [-0.39, 0.29) is 23.7 Å². The first kappa shape index (κ1) is 16.6. The zero-order valence-corrected chi connectivity index (χ0v) is 14.2. The number of fused-ring (bicyclic) bond motifs is 1. The van der Waals surface area contributed by atoms with E-state index < -0.39 is 0 Å². The molecular weight excluding hydrogens is 335 g/mol. The highest BCUT2D eigenvalue weighted by Crippen LogP contribution is 2.35. The van der Waals surface area contributed by atoms with Gasteiger partial charge in [0.25, 0.3) is 5.91 Å². The minimum atomic E-state index is -0.377. The van der Waals surface area contributed by atoms with Crippen molar-refractivity contribution in [1.29, 1.82) is 0 Å². The van der Waals surface area contributed by atoms with Gasteiger partial charge in [-0.05, 0) is 54.8 Å². The first-order valence-corrected chi connectivity index (χ1v) is 8.75. The van der Waals surface area contributed by atoms with Crippen molar-refractivity contribution in [1.82, 2.24) is 0 Å². The Morgan fingerprint density at radius 3 is 2.73 bits per heavy atom. The van der Waals surface area contributed by atoms with Gasteiger partial charge in [0.05, 0.1) is 6.61 Å². The minimum absolute atomic E-state index is 0.182. The van der Waals surface area contributed by atoms with Gasteiger partial charge in [-0.1, -0.05) is 6.07 Å². The summed E-state index contributed by atoms with van der Waals surface area (Å²) in [4.78, 5) is 26.6. The molecule has 26 heavy (non-hydrogen) atoms. The van der Waals surface area contributed by atoms with Crippen molar-refractivity contribution in [2.45, 2.75) is 25.3 Å². The van der Waals surface area contributed by atoms with Gasteiger partial charge in [-0.25, -0.2) is 9.18 Å². The smallest absolute Gasteiger partial charge is 0.328 e. The highest BCUT2D eigenvalue weighted by molar-refractivity contribution is 6.05. The molecule has 0 bridgehead atoms. The molecule has 5 nitrogen and oxygen atoms in total. The maximum absolute atomic E-state index is 13.0. The molecule has 0 saturated carbocycles. The predicted octanol–water partition coefficient (Wildman–Crippen LogP) is 3.15. The van der Waals surface area contributed by atoms with E-state index in [2.05, 4.69) is 10.2 Å². The van der Waals surface area contributed by atoms with Crippen molar-refractivity contribution in [3.05, 3.63) is 59.4 Å². The van der Waals surface area contributed by atoms with Crippen LogP contribution in [0.2, 0.25) is 0 Å². The molecule has 1 saturated heterocycles. The molecule has 0 aliphatic carbocycles. The SMILES string of the molecule is O=C(Nc1cccc2c1CCCN2C1CCOC1=O)c1ccc(F)cc1. The van der Waals surface area contributed by atoms with E-state index in [1.54, 1.807) is 0 Å². The molecule has 2 heterocycles. The fraction of sp³-hybridized carbons (Fsp3) is 0.300. The number of nitrogens with zero attached hydrogens (tertiary/aromatic N) is 1. The summed E-state index contributed by atoms with van der Waals surface area (Å²) < 4.78 is 18.2. The van der Waals surface area contributed by atoms with Crippen molar-refractivity contribution >= 4 is 23.3 Å². The Morgan fingerprint density at radius 1 is 1.19 bits per heavy atom. The van der Waals surface area contributed by atoms with Crippen LogP contribution < -0.4 is 10.2 Å². The van der Waals surface area contributed by atoms with Crippen molar-refractivity contribution in [2.75, 3.05) is 23.4 Å². The first-order chi connectivity index (χ1) is 12.6. The molecule has 4 rings (SSSR count). The number of rotatable bonds is 3. The van der Waals surface area contributed by atoms with Gasteiger partial charge in [0.1, 0.15) is 11.9 Å². The highest BCUT2D eigenvalue weighted by Gasteiger charge is 2.35. The number of nitrogens with one attached hydrogen (secondary N) is 1. The Morgan fingerprint density at radius 2 is 2.00 bits per heavy atom. The fourth-order valence-electron chi connectivity index (χ4n) is 3.66. The molecule has 2 aliphatic rings. The van der Waals surface area contributed by atoms with Crippen molar-refractivity contribution in [3.8, 4) is 0 Å². The second-order valence-electron chi connectivity index (χ2n) is 6.53. The molecule has 1 fully saturated rings. The van der Waals surface area contributed by atoms with Crippen LogP contribution in [0.4, 0.5) is 15.8 Å². The second-order valence-corrected chi connectivity index (χ2v) is 6.53. The highest BCUT2D eigenvalue weighted by atomic mass is 19.1. The lowest BCUT2D eigenvalue weighted by molar-refractivity contribution is -0.139. The maximum atomic E-state index is 13.0. The number of benzene rings is 2. The second kappa shape index (κ2) is 6.78. The van der Waals surface area contributed by atoms with E-state index in [0.717, 1.165) is 36.3 Å². The molecule has 6 heteroatoms. The number of carbonyl (C=O) groups excluding carboxylic acids is 2. The Balaban J connectivity index is 1.61. The summed E-state index contributed by atoms with van der Waals surface area (Å²) in [6, 6.07) is 10.9. The number of carbonyl (C=O) groups is 2. The number of hydrogen-bond donors (Lipinski definition) is 1. The zero-order valence-electron chi connectivity index (χ0n) is 14.2. The van der Waals surface area contributed by atoms with Gasteiger partial charge in [0, 0.05) is 29.9 Å². The number of ether oxygens (including phenoxy) is 1. The van der Waals surface area contributed by atoms with Crippen LogP contribution >= 0.6 is 0 Å². The van der Waals surface area contributed by atoms with E-state index in [1.807, 2.05) is 18.2 Å². The van der Waals surface area contributed by atoms with E-state index in [9.17, 15) is 14.0 Å². The summed E-state index contributed by atoms with van der Waals surface area (Å²) in [5, 5.41) is 2.92. The summed E-state index contributed by atoms with van der Waals surface area (Å²) in [5.41, 5.74) is 3.12. The first-order valence-electron chi connectivity index (χ1n) is 8.75. The van der Waals surface area contributed by atoms with Crippen LogP contribution in [-0.2, 0) is 16.0 Å². The van der Waals surface area contributed by atoms with Crippen LogP contribution in [-0.4, -0.2) is 31.1 Å². The van der Waals surface area contributed by atoms with Crippen molar-refractivity contribution in [3.63, 3.8) is 0 Å². The molecule has 0 aromatic heterocycles. The molecule has 0 spiro atoms. The molecule has 0 radical (unpaired) electrons. The Hall–Kier alpha value is -2.89. The van der Waals surface area contributed by atoms with Gasteiger partial charge in [0.15, 0.2) is 0 Å². The van der Waals surface area contributed by atoms with Gasteiger partial charge in [-0.2, -0.15) is 0 Å². The maximum Gasteiger partial charge on any atom is 0.328 e. The number of esters is 1. The number of amides is 1. The van der Waals surface area contributed by atoms with E-state index in [4.69, 9.17) is 4.74 Å². The average Bonchev–Trinajstić information content (AvgIpc) is 3.08. The van der Waals surface area contributed by atoms with E-state index in [0.29, 0.717) is 18.6 Å². The van der Waals surface area contributed by atoms with Crippen LogP contribution in [0, 0.1) is 5.82 Å². The van der Waals surface area contributed by atoms with E-state index in [1.165, 1.54) is 24.3 Å². The number of hydrogen-bond acceptors (Lipinski definition) is 4. The summed E-state index contributed by atoms with van der Waals surface area (Å²) in [6.07, 6.45) is 2.41. The third-order valence-electron chi connectivity index (χ3n) is 4.93. The van der Waals surface area contributed by atoms with Crippen LogP contribution in [0.3, 0.4) is 0 Å². The van der Waals surface area contributed by atoms with E-state index >= 15 is 0 Å². The van der Waals surface area contributed by atoms with Crippen LogP contribution in [0.5, 0.6) is 0 Å². The minimum Gasteiger partial charge on any atom is -0.464 e. The summed E-state index contributed by atoms with van der Waals surface area (Å²) in [6.45, 7) is 1.25. The fourth-order valence-corrected chi connectivity index (χ4v) is 3.66. The molecule has 2 aliphatic heterocycles. The summed E-state index contributed by atoms with van der Waals surface area (Å²) in [7, 11) is 0. The number of cyclic esters (lactones) is 1. The third-order valence-corrected chi connectivity index (χ3v) is 4.93. The summed E-state index contributed by atoms with van der Waals surface area (Å²) in [5.74, 6) is -0.841. The molecule has 2 aromatic rings. The average molecular weight is 354 g/mol. The van der Waals surface area contributed by atoms with Gasteiger partial charge < -0.3 is 15.0 Å². The molecule has 1 amide bonds. The van der Waals surface area contributed by atoms with Gasteiger partial charge in [-0.15, -0.1) is 0 Å². The lowest BCUT2D eigenvalue weighted by Crippen LogP contribution is -2.42. The molecule has 1 atom stereocenters. The lowest BCUT2D eigenvalue weighted by atomic mass is 9.97. The van der Waals surface area contributed by atoms with Gasteiger partial charge >= 0.3 is 5.97 Å². The Bertz CT molecular complexity index is 851. The topological polar surface area (TPSA) is 58.6 Å². The molecular formula is C20H19FN2O3. The largest absolute Gasteiger partial charge is 0.464 e. The normalized spacial score (nSPS) is 19.0. The standard InChI is InChI=1S/C20H19FN2O3/c21-14-8-6-13(7-9-14)19(24)22-16-4-1-5-17-15(16)3-2-11-23(17)18-10-12-26-20(18)25/h1,4-9,18H,2-3,10-12H2,(H,22,24). The quantitative estimate of drug-likeness (QED) is 0.861. The Labute approximate surface area is 150 Å². The van der Waals surface area contributed by atoms with Gasteiger partial charge in [-0.3, -0.25) is 4.79 Å². The summed E-state index contributed by atoms with van der Waals surface area (Å²) >= 11 is 0. The monoisotopic (exact) mass is 354 g/mol. The van der Waals surface area contributed by atoms with Crippen molar-refractivity contribution in [2.24, 2.45) is 0 Å². The third kappa shape index (κ3) is 3.03. The van der Waals surface area contributed by atoms with Gasteiger partial charge in [0.2, 0.25) is 0 Å². The Kier molecular flexibility index (Phi) is 4.32. The number of halogens is 1. The zero-order chi connectivity index (χ0) is 18.1. The molecule has 1 N–H and O–H groups in total.